The zero-order valence-corrected chi connectivity index (χ0v) is 41.9. The number of aliphatic hydroxyl groups excluding tert-OH is 4. The van der Waals surface area contributed by atoms with Crippen LogP contribution in [0, 0.1) is 47.3 Å². The maximum Gasteiger partial charge on any atom is 0.329 e. The standard InChI is InChI=1S/C53H83NO14/c1-32-14-10-9-11-15-33(2)46(65-8)28-41-19-17-38(7)53(64,68-41)50(61)51(62)54-21-13-12-16-43(54)52(63)67-47(35(4)26-39-18-20-45(66-23-22-55)40(27-39)30-56)29-44(58)34(3)25-37(6)49(60)42(31-57)48(59)36(5)24-32/h9-11,14-15,25,32,34-36,38-43,45-47,49,55-57,60,64H,12-13,16-24,26-31H2,1-8H3/b11-9+,14-10+,33-15+,37-25+/t32-,34-,35-,36-,38-,39?,40+,41+,42+,43+,45-,46+,47+,49-,53-/m1/s1. The molecule has 0 spiro atoms. The zero-order chi connectivity index (χ0) is 50.3. The number of aliphatic hydroxyl groups is 5. The third-order valence-electron chi connectivity index (χ3n) is 15.1. The van der Waals surface area contributed by atoms with E-state index in [-0.39, 0.29) is 80.5 Å². The van der Waals surface area contributed by atoms with Crippen molar-refractivity contribution in [1.29, 1.82) is 0 Å². The molecule has 1 aliphatic carbocycles. The number of Topliss-reactive ketones (excluding diaryl/α,β-unsaturated/α-hetero) is 3. The summed E-state index contributed by atoms with van der Waals surface area (Å²) in [6, 6.07) is -1.17. The van der Waals surface area contributed by atoms with Crippen molar-refractivity contribution >= 4 is 29.2 Å². The molecule has 0 aromatic heterocycles. The van der Waals surface area contributed by atoms with Gasteiger partial charge >= 0.3 is 5.97 Å². The summed E-state index contributed by atoms with van der Waals surface area (Å²) in [5.74, 6) is -9.59. The van der Waals surface area contributed by atoms with Crippen LogP contribution in [0.4, 0.5) is 0 Å². The van der Waals surface area contributed by atoms with Gasteiger partial charge in [0.2, 0.25) is 5.79 Å². The van der Waals surface area contributed by atoms with E-state index in [9.17, 15) is 49.5 Å². The first-order valence-electron chi connectivity index (χ1n) is 25.2. The minimum atomic E-state index is -2.45. The molecule has 2 saturated heterocycles. The third kappa shape index (κ3) is 15.3. The summed E-state index contributed by atoms with van der Waals surface area (Å²) < 4.78 is 24.1. The first-order chi connectivity index (χ1) is 32.3. The van der Waals surface area contributed by atoms with Gasteiger partial charge in [-0.1, -0.05) is 71.1 Å². The van der Waals surface area contributed by atoms with E-state index in [4.69, 9.17) is 18.9 Å². The highest BCUT2D eigenvalue weighted by Crippen LogP contribution is 2.39. The van der Waals surface area contributed by atoms with Gasteiger partial charge in [0.05, 0.1) is 50.2 Å². The number of carbonyl (C=O) groups is 5. The van der Waals surface area contributed by atoms with Gasteiger partial charge in [-0.3, -0.25) is 19.2 Å². The highest BCUT2D eigenvalue weighted by molar-refractivity contribution is 6.39. The number of esters is 1. The second kappa shape index (κ2) is 27.3. The summed E-state index contributed by atoms with van der Waals surface area (Å²) in [5, 5.41) is 53.3. The maximum atomic E-state index is 14.4. The van der Waals surface area contributed by atoms with E-state index in [0.717, 1.165) is 12.0 Å². The SMILES string of the molecule is CO[C@H]1C[C@@H]2CC[C@@H](C)[C@@](O)(O2)C(=O)C(=O)N2CCCC[C@H]2C(=O)O[C@H]([C@H](C)CC2CC[C@@H](OCCO)[C@H](CO)C2)CC(=O)[C@H](C)/C=C(\C)[C@@H](O)[C@@H](CO)C(=O)[C@H](C)C[C@H](C)/C=C/C=C/C=C/1C. The van der Waals surface area contributed by atoms with E-state index in [0.29, 0.717) is 63.4 Å². The van der Waals surface area contributed by atoms with E-state index in [1.54, 1.807) is 40.9 Å². The molecule has 3 heterocycles. The monoisotopic (exact) mass is 958 g/mol. The largest absolute Gasteiger partial charge is 0.460 e. The summed E-state index contributed by atoms with van der Waals surface area (Å²) in [7, 11) is 1.57. The summed E-state index contributed by atoms with van der Waals surface area (Å²) in [4.78, 5) is 72.0. The number of hydrogen-bond donors (Lipinski definition) is 5. The van der Waals surface area contributed by atoms with Crippen molar-refractivity contribution in [2.24, 2.45) is 47.3 Å². The molecule has 1 unspecified atom stereocenters. The molecule has 384 valence electrons. The van der Waals surface area contributed by atoms with Crippen molar-refractivity contribution in [3.05, 3.63) is 47.6 Å². The Morgan fingerprint density at radius 3 is 2.29 bits per heavy atom. The van der Waals surface area contributed by atoms with Gasteiger partial charge in [0.15, 0.2) is 0 Å². The molecule has 0 aromatic carbocycles. The van der Waals surface area contributed by atoms with Gasteiger partial charge < -0.3 is 49.4 Å². The first kappa shape index (κ1) is 57.2. The Morgan fingerprint density at radius 1 is 0.882 bits per heavy atom. The number of cyclic esters (lactones) is 1. The number of amides is 1. The Balaban J connectivity index is 1.70. The van der Waals surface area contributed by atoms with Crippen LogP contribution in [0.5, 0.6) is 0 Å². The summed E-state index contributed by atoms with van der Waals surface area (Å²) in [5.41, 5.74) is 1.21. The van der Waals surface area contributed by atoms with Gasteiger partial charge in [0.25, 0.3) is 11.7 Å². The van der Waals surface area contributed by atoms with Gasteiger partial charge in [-0.05, 0) is 107 Å². The van der Waals surface area contributed by atoms with Crippen LogP contribution in [-0.4, -0.2) is 142 Å². The molecule has 0 aromatic rings. The summed E-state index contributed by atoms with van der Waals surface area (Å²) in [6.45, 7) is 11.9. The fourth-order valence-corrected chi connectivity index (χ4v) is 10.7. The molecule has 68 heavy (non-hydrogen) atoms. The van der Waals surface area contributed by atoms with E-state index in [1.165, 1.54) is 4.90 Å². The molecular formula is C53H83NO14. The molecule has 0 radical (unpaired) electrons. The molecule has 15 heteroatoms. The van der Waals surface area contributed by atoms with Gasteiger partial charge in [-0.15, -0.1) is 0 Å². The highest BCUT2D eigenvalue weighted by Gasteiger charge is 2.53. The van der Waals surface area contributed by atoms with Crippen LogP contribution in [0.15, 0.2) is 47.6 Å². The Kier molecular flexibility index (Phi) is 22.9. The van der Waals surface area contributed by atoms with Crippen molar-refractivity contribution in [2.75, 3.05) is 40.1 Å². The second-order valence-corrected chi connectivity index (χ2v) is 20.5. The number of hydrogen-bond acceptors (Lipinski definition) is 14. The van der Waals surface area contributed by atoms with Gasteiger partial charge in [-0.25, -0.2) is 4.79 Å². The van der Waals surface area contributed by atoms with E-state index >= 15 is 0 Å². The number of carbonyl (C=O) groups excluding carboxylic acids is 5. The molecule has 5 N–H and O–H groups in total. The minimum absolute atomic E-state index is 0.0152. The third-order valence-corrected chi connectivity index (χ3v) is 15.1. The van der Waals surface area contributed by atoms with Gasteiger partial charge in [0.1, 0.15) is 23.7 Å². The van der Waals surface area contributed by atoms with Crippen LogP contribution >= 0.6 is 0 Å². The topological polar surface area (TPSA) is 227 Å². The maximum absolute atomic E-state index is 14.4. The fourth-order valence-electron chi connectivity index (χ4n) is 10.7. The van der Waals surface area contributed by atoms with E-state index in [2.05, 4.69) is 0 Å². The molecule has 15 atom stereocenters. The molecule has 4 aliphatic rings. The van der Waals surface area contributed by atoms with Crippen molar-refractivity contribution < 1.29 is 68.5 Å². The van der Waals surface area contributed by atoms with Crippen LogP contribution in [0.25, 0.3) is 0 Å². The predicted molar refractivity (Wildman–Crippen MR) is 256 cm³/mol. The number of fused-ring (bicyclic) bond motifs is 3. The average molecular weight is 958 g/mol. The van der Waals surface area contributed by atoms with Gasteiger partial charge in [-0.2, -0.15) is 0 Å². The Bertz CT molecular complexity index is 1810. The first-order valence-corrected chi connectivity index (χ1v) is 25.2. The van der Waals surface area contributed by atoms with Crippen LogP contribution < -0.4 is 0 Å². The summed E-state index contributed by atoms with van der Waals surface area (Å²) in [6.07, 6.45) is 12.8. The molecule has 4 rings (SSSR count). The average Bonchev–Trinajstić information content (AvgIpc) is 3.32. The number of allylic oxidation sites excluding steroid dienone is 6. The van der Waals surface area contributed by atoms with Crippen LogP contribution in [0.2, 0.25) is 0 Å². The lowest BCUT2D eigenvalue weighted by Crippen LogP contribution is -2.61. The molecule has 2 bridgehead atoms. The second-order valence-electron chi connectivity index (χ2n) is 20.5. The van der Waals surface area contributed by atoms with E-state index < -0.39 is 84.2 Å². The highest BCUT2D eigenvalue weighted by atomic mass is 16.6. The molecule has 15 nitrogen and oxygen atoms in total. The Morgan fingerprint density at radius 2 is 1.62 bits per heavy atom. The van der Waals surface area contributed by atoms with Crippen molar-refractivity contribution in [1.82, 2.24) is 4.90 Å². The van der Waals surface area contributed by atoms with Crippen molar-refractivity contribution in [3.8, 4) is 0 Å². The zero-order valence-electron chi connectivity index (χ0n) is 41.9. The number of piperidine rings is 1. The smallest absolute Gasteiger partial charge is 0.329 e. The molecule has 1 amide bonds. The van der Waals surface area contributed by atoms with Crippen LogP contribution in [-0.2, 0) is 42.9 Å². The minimum Gasteiger partial charge on any atom is -0.460 e. The lowest BCUT2D eigenvalue weighted by atomic mass is 9.75. The van der Waals surface area contributed by atoms with Gasteiger partial charge in [0, 0.05) is 56.8 Å². The molecular weight excluding hydrogens is 875 g/mol. The lowest BCUT2D eigenvalue weighted by molar-refractivity contribution is -0.265. The molecule has 3 aliphatic heterocycles. The quantitative estimate of drug-likeness (QED) is 0.111. The number of ketones is 3. The van der Waals surface area contributed by atoms with Crippen molar-refractivity contribution in [2.45, 2.75) is 168 Å². The Hall–Kier alpha value is -3.41. The number of ether oxygens (including phenoxy) is 4. The molecule has 1 saturated carbocycles. The number of methoxy groups -OCH3 is 1. The molecule has 3 fully saturated rings. The normalized spacial score (nSPS) is 39.2. The number of rotatable bonds is 9. The number of nitrogens with zero attached hydrogens (tertiary/aromatic N) is 1. The fraction of sp³-hybridized carbons (Fsp3) is 0.755. The summed E-state index contributed by atoms with van der Waals surface area (Å²) >= 11 is 0. The van der Waals surface area contributed by atoms with E-state index in [1.807, 2.05) is 51.2 Å². The lowest BCUT2D eigenvalue weighted by Gasteiger charge is -2.42. The Labute approximate surface area is 404 Å². The van der Waals surface area contributed by atoms with Crippen LogP contribution in [0.3, 0.4) is 0 Å². The van der Waals surface area contributed by atoms with Crippen LogP contribution in [0.1, 0.15) is 126 Å². The van der Waals surface area contributed by atoms with Crippen molar-refractivity contribution in [3.63, 3.8) is 0 Å². The predicted octanol–water partition coefficient (Wildman–Crippen LogP) is 5.38.